The van der Waals surface area contributed by atoms with Crippen LogP contribution in [0.25, 0.3) is 5.57 Å². The summed E-state index contributed by atoms with van der Waals surface area (Å²) in [6, 6.07) is 15.5. The molecule has 0 fully saturated rings. The van der Waals surface area contributed by atoms with E-state index in [0.717, 1.165) is 28.0 Å². The van der Waals surface area contributed by atoms with E-state index in [9.17, 15) is 4.79 Å². The molecule has 0 aliphatic rings. The first-order chi connectivity index (χ1) is 9.61. The van der Waals surface area contributed by atoms with Crippen LogP contribution < -0.4 is 4.74 Å². The molecule has 20 heavy (non-hydrogen) atoms. The lowest BCUT2D eigenvalue weighted by Gasteiger charge is -2.11. The van der Waals surface area contributed by atoms with Gasteiger partial charge in [0.1, 0.15) is 5.75 Å². The molecule has 0 amide bonds. The smallest absolute Gasteiger partial charge is 0.160 e. The van der Waals surface area contributed by atoms with Gasteiger partial charge in [0, 0.05) is 5.56 Å². The maximum absolute atomic E-state index is 11.7. The molecule has 0 saturated heterocycles. The Morgan fingerprint density at radius 1 is 1.15 bits per heavy atom. The second-order valence-electron chi connectivity index (χ2n) is 4.73. The molecule has 0 heterocycles. The zero-order valence-electron chi connectivity index (χ0n) is 11.8. The summed E-state index contributed by atoms with van der Waals surface area (Å²) in [5.74, 6) is 0.814. The van der Waals surface area contributed by atoms with Gasteiger partial charge < -0.3 is 4.74 Å². The van der Waals surface area contributed by atoms with E-state index in [1.807, 2.05) is 48.5 Å². The Morgan fingerprint density at radius 3 is 2.45 bits per heavy atom. The van der Waals surface area contributed by atoms with Crippen molar-refractivity contribution in [2.24, 2.45) is 0 Å². The van der Waals surface area contributed by atoms with Gasteiger partial charge in [0.15, 0.2) is 5.78 Å². The van der Waals surface area contributed by atoms with Gasteiger partial charge in [-0.05, 0) is 48.2 Å². The van der Waals surface area contributed by atoms with Gasteiger partial charge in [0.05, 0.1) is 7.11 Å². The fourth-order valence-corrected chi connectivity index (χ4v) is 2.19. The van der Waals surface area contributed by atoms with E-state index in [0.29, 0.717) is 6.42 Å². The minimum atomic E-state index is 0.0588. The first-order valence-electron chi connectivity index (χ1n) is 6.53. The fourth-order valence-electron chi connectivity index (χ4n) is 2.19. The van der Waals surface area contributed by atoms with E-state index in [1.54, 1.807) is 14.0 Å². The van der Waals surface area contributed by atoms with Gasteiger partial charge in [-0.3, -0.25) is 4.79 Å². The van der Waals surface area contributed by atoms with Crippen LogP contribution in [-0.4, -0.2) is 12.9 Å². The van der Waals surface area contributed by atoms with Gasteiger partial charge in [0.25, 0.3) is 0 Å². The van der Waals surface area contributed by atoms with Crippen molar-refractivity contribution in [3.8, 4) is 5.75 Å². The van der Waals surface area contributed by atoms with E-state index in [-0.39, 0.29) is 5.78 Å². The number of hydrogen-bond acceptors (Lipinski definition) is 2. The lowest BCUT2D eigenvalue weighted by Crippen LogP contribution is -2.01. The third-order valence-electron chi connectivity index (χ3n) is 3.28. The largest absolute Gasteiger partial charge is 0.497 e. The number of benzene rings is 2. The van der Waals surface area contributed by atoms with Gasteiger partial charge in [-0.2, -0.15) is 0 Å². The van der Waals surface area contributed by atoms with Crippen molar-refractivity contribution >= 4 is 11.4 Å². The summed E-state index contributed by atoms with van der Waals surface area (Å²) in [7, 11) is 1.62. The summed E-state index contributed by atoms with van der Waals surface area (Å²) in [6.45, 7) is 5.70. The lowest BCUT2D eigenvalue weighted by molar-refractivity contribution is 0.101. The van der Waals surface area contributed by atoms with Crippen molar-refractivity contribution in [3.63, 3.8) is 0 Å². The number of hydrogen-bond donors (Lipinski definition) is 0. The van der Waals surface area contributed by atoms with E-state index in [4.69, 9.17) is 4.74 Å². The predicted octanol–water partition coefficient (Wildman–Crippen LogP) is 4.15. The number of ether oxygens (including phenoxy) is 1. The number of Topliss-reactive ketones (excluding diaryl/α,β-unsaturated/α-hetero) is 1. The van der Waals surface area contributed by atoms with Crippen LogP contribution in [0.4, 0.5) is 0 Å². The average molecular weight is 266 g/mol. The van der Waals surface area contributed by atoms with Gasteiger partial charge in [-0.15, -0.1) is 0 Å². The standard InChI is InChI=1S/C18H18O2/c1-13(15-7-5-4-6-8-15)11-16-12-17(20-3)9-10-18(16)14(2)19/h4-10,12H,1,11H2,2-3H3. The summed E-state index contributed by atoms with van der Waals surface area (Å²) in [4.78, 5) is 11.7. The van der Waals surface area contributed by atoms with Gasteiger partial charge in [-0.1, -0.05) is 36.9 Å². The van der Waals surface area contributed by atoms with E-state index in [2.05, 4.69) is 6.58 Å². The van der Waals surface area contributed by atoms with Crippen molar-refractivity contribution in [2.75, 3.05) is 7.11 Å². The number of ketones is 1. The number of carbonyl (C=O) groups excluding carboxylic acids is 1. The molecule has 0 aliphatic carbocycles. The molecule has 2 aromatic rings. The molecule has 0 bridgehead atoms. The molecule has 2 nitrogen and oxygen atoms in total. The summed E-state index contributed by atoms with van der Waals surface area (Å²) in [5.41, 5.74) is 3.75. The maximum Gasteiger partial charge on any atom is 0.160 e. The highest BCUT2D eigenvalue weighted by atomic mass is 16.5. The number of carbonyl (C=O) groups is 1. The fraction of sp³-hybridized carbons (Fsp3) is 0.167. The second kappa shape index (κ2) is 6.20. The van der Waals surface area contributed by atoms with Crippen LogP contribution in [0.5, 0.6) is 5.75 Å². The van der Waals surface area contributed by atoms with Crippen LogP contribution in [0.15, 0.2) is 55.1 Å². The van der Waals surface area contributed by atoms with Crippen LogP contribution in [0.1, 0.15) is 28.4 Å². The number of methoxy groups -OCH3 is 1. The monoisotopic (exact) mass is 266 g/mol. The van der Waals surface area contributed by atoms with Gasteiger partial charge in [-0.25, -0.2) is 0 Å². The van der Waals surface area contributed by atoms with Crippen LogP contribution in [-0.2, 0) is 6.42 Å². The molecular weight excluding hydrogens is 248 g/mol. The average Bonchev–Trinajstić information content (AvgIpc) is 2.47. The lowest BCUT2D eigenvalue weighted by atomic mass is 9.94. The zero-order chi connectivity index (χ0) is 14.5. The Kier molecular flexibility index (Phi) is 4.36. The van der Waals surface area contributed by atoms with Crippen molar-refractivity contribution < 1.29 is 9.53 Å². The number of allylic oxidation sites excluding steroid dienone is 1. The Hall–Kier alpha value is -2.35. The predicted molar refractivity (Wildman–Crippen MR) is 82.2 cm³/mol. The third kappa shape index (κ3) is 3.15. The zero-order valence-corrected chi connectivity index (χ0v) is 11.8. The van der Waals surface area contributed by atoms with Crippen molar-refractivity contribution in [1.29, 1.82) is 0 Å². The molecular formula is C18H18O2. The Balaban J connectivity index is 2.32. The maximum atomic E-state index is 11.7. The molecule has 0 spiro atoms. The van der Waals surface area contributed by atoms with Crippen molar-refractivity contribution in [2.45, 2.75) is 13.3 Å². The molecule has 0 radical (unpaired) electrons. The van der Waals surface area contributed by atoms with Crippen LogP contribution in [0.2, 0.25) is 0 Å². The molecule has 0 saturated carbocycles. The van der Waals surface area contributed by atoms with Crippen molar-refractivity contribution in [3.05, 3.63) is 71.8 Å². The molecule has 0 aliphatic heterocycles. The minimum Gasteiger partial charge on any atom is -0.497 e. The van der Waals surface area contributed by atoms with Crippen LogP contribution in [0.3, 0.4) is 0 Å². The Morgan fingerprint density at radius 2 is 1.85 bits per heavy atom. The molecule has 0 unspecified atom stereocenters. The van der Waals surface area contributed by atoms with Gasteiger partial charge >= 0.3 is 0 Å². The number of rotatable bonds is 5. The first-order valence-corrected chi connectivity index (χ1v) is 6.53. The minimum absolute atomic E-state index is 0.0588. The SMILES string of the molecule is C=C(Cc1cc(OC)ccc1C(C)=O)c1ccccc1. The van der Waals surface area contributed by atoms with Crippen molar-refractivity contribution in [1.82, 2.24) is 0 Å². The van der Waals surface area contributed by atoms with E-state index in [1.165, 1.54) is 0 Å². The van der Waals surface area contributed by atoms with E-state index >= 15 is 0 Å². The molecule has 0 N–H and O–H groups in total. The third-order valence-corrected chi connectivity index (χ3v) is 3.28. The topological polar surface area (TPSA) is 26.3 Å². The summed E-state index contributed by atoms with van der Waals surface area (Å²) >= 11 is 0. The second-order valence-corrected chi connectivity index (χ2v) is 4.73. The first kappa shape index (κ1) is 14.1. The summed E-state index contributed by atoms with van der Waals surface area (Å²) in [6.07, 6.45) is 0.635. The summed E-state index contributed by atoms with van der Waals surface area (Å²) in [5, 5.41) is 0. The summed E-state index contributed by atoms with van der Waals surface area (Å²) < 4.78 is 5.24. The highest BCUT2D eigenvalue weighted by Crippen LogP contribution is 2.24. The van der Waals surface area contributed by atoms with E-state index < -0.39 is 0 Å². The Bertz CT molecular complexity index is 627. The van der Waals surface area contributed by atoms with Gasteiger partial charge in [0.2, 0.25) is 0 Å². The highest BCUT2D eigenvalue weighted by molar-refractivity contribution is 5.96. The quantitative estimate of drug-likeness (QED) is 0.760. The molecule has 2 aromatic carbocycles. The molecule has 2 rings (SSSR count). The molecule has 2 heteroatoms. The van der Waals surface area contributed by atoms with Crippen LogP contribution >= 0.6 is 0 Å². The molecule has 0 aromatic heterocycles. The molecule has 102 valence electrons. The normalized spacial score (nSPS) is 10.1. The Labute approximate surface area is 119 Å². The highest BCUT2D eigenvalue weighted by Gasteiger charge is 2.10. The van der Waals surface area contributed by atoms with Crippen LogP contribution in [0, 0.1) is 0 Å². The molecule has 0 atom stereocenters.